The fourth-order valence-electron chi connectivity index (χ4n) is 11.3. The number of benzene rings is 4. The molecule has 7 unspecified atom stereocenters. The number of aliphatic hydroxyl groups is 3. The summed E-state index contributed by atoms with van der Waals surface area (Å²) in [5.74, 6) is -1.67. The third kappa shape index (κ3) is 9.85. The van der Waals surface area contributed by atoms with Crippen molar-refractivity contribution in [2.45, 2.75) is 114 Å². The fourth-order valence-corrected chi connectivity index (χ4v) is 11.3. The molecule has 356 valence electrons. The fraction of sp³-hybridized carbons (Fsp3) is 0.421. The summed E-state index contributed by atoms with van der Waals surface area (Å²) in [7, 11) is 0. The lowest BCUT2D eigenvalue weighted by atomic mass is 9.72. The van der Waals surface area contributed by atoms with E-state index in [0.717, 1.165) is 43.2 Å². The lowest BCUT2D eigenvalue weighted by molar-refractivity contribution is -0.199. The summed E-state index contributed by atoms with van der Waals surface area (Å²) in [6.07, 6.45) is 8.11. The number of carbonyl (C=O) groups is 2. The molecular formula is C57H62O11. The summed E-state index contributed by atoms with van der Waals surface area (Å²) >= 11 is 0. The van der Waals surface area contributed by atoms with Gasteiger partial charge in [0.25, 0.3) is 0 Å². The van der Waals surface area contributed by atoms with Gasteiger partial charge in [0.2, 0.25) is 0 Å². The van der Waals surface area contributed by atoms with Crippen LogP contribution in [0, 0.1) is 11.8 Å². The van der Waals surface area contributed by atoms with Crippen LogP contribution in [0.3, 0.4) is 0 Å². The summed E-state index contributed by atoms with van der Waals surface area (Å²) in [4.78, 5) is 43.9. The minimum absolute atomic E-state index is 0.0240. The maximum Gasteiger partial charge on any atom is 0.339 e. The Balaban J connectivity index is 1.15. The van der Waals surface area contributed by atoms with Gasteiger partial charge in [-0.25, -0.2) is 9.59 Å². The van der Waals surface area contributed by atoms with Gasteiger partial charge >= 0.3 is 17.6 Å². The monoisotopic (exact) mass is 922 g/mol. The number of aliphatic hydroxyl groups excluding tert-OH is 3. The zero-order valence-electron chi connectivity index (χ0n) is 38.9. The summed E-state index contributed by atoms with van der Waals surface area (Å²) in [5, 5.41) is 30.2. The van der Waals surface area contributed by atoms with Gasteiger partial charge in [0.1, 0.15) is 23.7 Å². The Morgan fingerprint density at radius 1 is 0.838 bits per heavy atom. The lowest BCUT2D eigenvalue weighted by Crippen LogP contribution is -2.58. The number of hydrogen-bond acceptors (Lipinski definition) is 11. The first-order valence-corrected chi connectivity index (χ1v) is 24.3. The van der Waals surface area contributed by atoms with Gasteiger partial charge in [0.05, 0.1) is 18.8 Å². The minimum Gasteiger partial charge on any atom is -0.483 e. The second-order valence-corrected chi connectivity index (χ2v) is 19.4. The molecule has 11 nitrogen and oxygen atoms in total. The van der Waals surface area contributed by atoms with Crippen LogP contribution in [0.15, 0.2) is 130 Å². The molecule has 5 aliphatic rings. The molecule has 5 aromatic rings. The first-order valence-electron chi connectivity index (χ1n) is 24.3. The SMILES string of the molecule is CC(CO)=C1CCc2ccc(cc2)C2C=CC(c3cccc(Cc4ccccc4)c3)CC2CC(=O)OC2c3c(ccc4cc(C(CCO)COCO)c(=O)oc34)OC(C)(C3CCCC3)C2OC1=O. The summed E-state index contributed by atoms with van der Waals surface area (Å²) in [6.45, 7) is 2.49. The Morgan fingerprint density at radius 3 is 2.37 bits per heavy atom. The second kappa shape index (κ2) is 20.8. The van der Waals surface area contributed by atoms with Crippen molar-refractivity contribution in [1.29, 1.82) is 0 Å². The average Bonchev–Trinajstić information content (AvgIpc) is 3.91. The summed E-state index contributed by atoms with van der Waals surface area (Å²) < 4.78 is 32.0. The molecule has 1 fully saturated rings. The molecule has 2 bridgehead atoms. The zero-order valence-corrected chi connectivity index (χ0v) is 38.9. The normalized spacial score (nSPS) is 25.5. The van der Waals surface area contributed by atoms with E-state index in [1.54, 1.807) is 25.1 Å². The Hall–Kier alpha value is -5.85. The molecular weight excluding hydrogens is 861 g/mol. The molecule has 2 aliphatic carbocycles. The van der Waals surface area contributed by atoms with Crippen LogP contribution in [-0.4, -0.2) is 65.6 Å². The predicted molar refractivity (Wildman–Crippen MR) is 257 cm³/mol. The second-order valence-electron chi connectivity index (χ2n) is 19.4. The van der Waals surface area contributed by atoms with Gasteiger partial charge in [0.15, 0.2) is 12.2 Å². The Kier molecular flexibility index (Phi) is 14.4. The van der Waals surface area contributed by atoms with Gasteiger partial charge in [0, 0.05) is 53.2 Å². The first kappa shape index (κ1) is 47.2. The topological polar surface area (TPSA) is 162 Å². The lowest BCUT2D eigenvalue weighted by Gasteiger charge is -2.48. The van der Waals surface area contributed by atoms with Crippen LogP contribution in [0.1, 0.15) is 128 Å². The van der Waals surface area contributed by atoms with Gasteiger partial charge in [-0.15, -0.1) is 0 Å². The zero-order chi connectivity index (χ0) is 47.4. The van der Waals surface area contributed by atoms with Crippen LogP contribution in [0.4, 0.5) is 0 Å². The number of allylic oxidation sites excluding steroid dienone is 2. The van der Waals surface area contributed by atoms with Crippen molar-refractivity contribution in [3.63, 3.8) is 0 Å². The molecule has 4 aromatic carbocycles. The molecule has 1 aromatic heterocycles. The smallest absolute Gasteiger partial charge is 0.339 e. The molecule has 4 heterocycles. The predicted octanol–water partition coefficient (Wildman–Crippen LogP) is 9.44. The van der Waals surface area contributed by atoms with Crippen molar-refractivity contribution in [1.82, 2.24) is 0 Å². The summed E-state index contributed by atoms with van der Waals surface area (Å²) in [5.41, 5.74) is 5.32. The third-order valence-electron chi connectivity index (χ3n) is 15.1. The third-order valence-corrected chi connectivity index (χ3v) is 15.1. The van der Waals surface area contributed by atoms with Crippen LogP contribution in [0.2, 0.25) is 0 Å². The Labute approximate surface area is 397 Å². The van der Waals surface area contributed by atoms with Crippen molar-refractivity contribution in [3.8, 4) is 5.75 Å². The average molecular weight is 923 g/mol. The summed E-state index contributed by atoms with van der Waals surface area (Å²) in [6, 6.07) is 32.7. The highest BCUT2D eigenvalue weighted by molar-refractivity contribution is 5.90. The van der Waals surface area contributed by atoms with Crippen LogP contribution in [-0.2, 0) is 36.6 Å². The number of esters is 2. The molecule has 0 spiro atoms. The molecule has 3 N–H and O–H groups in total. The minimum atomic E-state index is -1.26. The number of carbonyl (C=O) groups excluding carboxylic acids is 2. The Bertz CT molecular complexity index is 2710. The highest BCUT2D eigenvalue weighted by Crippen LogP contribution is 2.53. The molecule has 10 rings (SSSR count). The Morgan fingerprint density at radius 2 is 1.62 bits per heavy atom. The molecule has 1 saturated carbocycles. The van der Waals surface area contributed by atoms with Gasteiger partial charge < -0.3 is 38.7 Å². The molecule has 3 aliphatic heterocycles. The van der Waals surface area contributed by atoms with Crippen LogP contribution in [0.25, 0.3) is 11.0 Å². The van der Waals surface area contributed by atoms with Crippen LogP contribution >= 0.6 is 0 Å². The van der Waals surface area contributed by atoms with E-state index in [-0.39, 0.29) is 73.0 Å². The van der Waals surface area contributed by atoms with Crippen molar-refractivity contribution >= 4 is 22.9 Å². The van der Waals surface area contributed by atoms with Gasteiger partial charge in [-0.2, -0.15) is 0 Å². The van der Waals surface area contributed by atoms with E-state index >= 15 is 4.79 Å². The van der Waals surface area contributed by atoms with Crippen molar-refractivity contribution in [2.24, 2.45) is 11.8 Å². The van der Waals surface area contributed by atoms with Gasteiger partial charge in [-0.05, 0) is 116 Å². The van der Waals surface area contributed by atoms with Crippen molar-refractivity contribution in [3.05, 3.63) is 170 Å². The quantitative estimate of drug-likeness (QED) is 0.0381. The number of rotatable bonds is 11. The van der Waals surface area contributed by atoms with E-state index in [0.29, 0.717) is 41.5 Å². The van der Waals surface area contributed by atoms with E-state index in [1.807, 2.05) is 13.0 Å². The number of hydrogen-bond donors (Lipinski definition) is 3. The molecule has 7 atom stereocenters. The van der Waals surface area contributed by atoms with E-state index in [2.05, 4.69) is 84.9 Å². The van der Waals surface area contributed by atoms with E-state index in [4.69, 9.17) is 23.4 Å². The maximum absolute atomic E-state index is 15.1. The largest absolute Gasteiger partial charge is 0.483 e. The van der Waals surface area contributed by atoms with Crippen LogP contribution in [0.5, 0.6) is 5.75 Å². The number of aryl methyl sites for hydroxylation is 1. The molecule has 0 amide bonds. The standard InChI is InChI=1S/C57H62O11/c1-35(32-59)46-22-17-36-15-18-39(19-16-36)47-23-20-41(40-12-8-11-38(28-40)27-37-9-4-3-5-10-37)29-44(47)31-50(61)65-53-51-49(68-57(2,45-13-6-7-14-45)54(53)67-55(46)62)24-21-42-30-48(56(63)66-52(42)51)43(25-26-58)33-64-34-60/h3-5,8-12,15-16,18-21,23-24,28,30,41,43-45,47,53-54,58-60H,6-7,13-14,17,22,25-27,29,31-34H2,1-2H3. The molecule has 68 heavy (non-hydrogen) atoms. The molecule has 0 radical (unpaired) electrons. The van der Waals surface area contributed by atoms with Gasteiger partial charge in [-0.3, -0.25) is 4.79 Å². The van der Waals surface area contributed by atoms with E-state index in [1.165, 1.54) is 16.7 Å². The molecule has 11 heteroatoms. The van der Waals surface area contributed by atoms with E-state index < -0.39 is 48.1 Å². The maximum atomic E-state index is 15.1. The van der Waals surface area contributed by atoms with E-state index in [9.17, 15) is 24.9 Å². The van der Waals surface area contributed by atoms with Crippen molar-refractivity contribution in [2.75, 3.05) is 26.6 Å². The number of fused-ring (bicyclic) bond motifs is 11. The molecule has 0 saturated heterocycles. The number of ether oxygens (including phenoxy) is 4. The van der Waals surface area contributed by atoms with Crippen LogP contribution < -0.4 is 10.4 Å². The van der Waals surface area contributed by atoms with Gasteiger partial charge in [-0.1, -0.05) is 104 Å². The highest BCUT2D eigenvalue weighted by Gasteiger charge is 2.57. The highest BCUT2D eigenvalue weighted by atomic mass is 16.6. The first-order chi connectivity index (χ1) is 33.1. The van der Waals surface area contributed by atoms with Crippen molar-refractivity contribution < 1.29 is 48.3 Å².